The summed E-state index contributed by atoms with van der Waals surface area (Å²) in [5.74, 6) is -0.455. The van der Waals surface area contributed by atoms with E-state index in [1.807, 2.05) is 36.5 Å². The first-order valence-electron chi connectivity index (χ1n) is 9.90. The van der Waals surface area contributed by atoms with E-state index in [2.05, 4.69) is 14.9 Å². The molecular weight excluding hydrogens is 381 g/mol. The van der Waals surface area contributed by atoms with Crippen molar-refractivity contribution in [2.75, 3.05) is 5.32 Å². The molecule has 2 N–H and O–H groups in total. The van der Waals surface area contributed by atoms with Gasteiger partial charge in [0.15, 0.2) is 0 Å². The van der Waals surface area contributed by atoms with Crippen LogP contribution in [0.15, 0.2) is 67.0 Å². The number of hydrogen-bond acceptors (Lipinski definition) is 3. The third kappa shape index (κ3) is 3.64. The summed E-state index contributed by atoms with van der Waals surface area (Å²) in [5, 5.41) is 13.7. The van der Waals surface area contributed by atoms with Crippen molar-refractivity contribution in [2.24, 2.45) is 0 Å². The van der Waals surface area contributed by atoms with E-state index >= 15 is 0 Å². The molecule has 150 valence electrons. The molecule has 5 rings (SSSR count). The second-order valence-electron chi connectivity index (χ2n) is 7.72. The smallest absolute Gasteiger partial charge is 0.339 e. The number of benzene rings is 2. The van der Waals surface area contributed by atoms with E-state index in [1.165, 1.54) is 12.1 Å². The number of pyridine rings is 1. The summed E-state index contributed by atoms with van der Waals surface area (Å²) in [6.07, 6.45) is 5.92. The summed E-state index contributed by atoms with van der Waals surface area (Å²) in [6.45, 7) is 0.571. The van der Waals surface area contributed by atoms with Crippen molar-refractivity contribution >= 4 is 28.4 Å². The Morgan fingerprint density at radius 3 is 2.80 bits per heavy atom. The van der Waals surface area contributed by atoms with Crippen LogP contribution in [0.2, 0.25) is 0 Å². The van der Waals surface area contributed by atoms with E-state index < -0.39 is 5.97 Å². The molecule has 1 aliphatic carbocycles. The second kappa shape index (κ2) is 7.30. The quantitative estimate of drug-likeness (QED) is 0.445. The van der Waals surface area contributed by atoms with Crippen molar-refractivity contribution in [3.63, 3.8) is 0 Å². The van der Waals surface area contributed by atoms with E-state index in [0.717, 1.165) is 40.6 Å². The average molecular weight is 401 g/mol. The molecule has 30 heavy (non-hydrogen) atoms. The molecule has 1 fully saturated rings. The standard InChI is InChI=1S/C24H20FN3O2/c25-19-3-1-2-15(10-19)14-28-9-8-17-11-20(6-7-22(17)28)27-23-21(24(29)30)12-18(13-26-23)16-4-5-16/h1-3,6-13,16H,4-5,14H2,(H,26,27)(H,29,30). The maximum absolute atomic E-state index is 13.5. The van der Waals surface area contributed by atoms with Crippen LogP contribution in [0.4, 0.5) is 15.9 Å². The first-order valence-corrected chi connectivity index (χ1v) is 9.90. The molecule has 2 aromatic carbocycles. The molecule has 0 bridgehead atoms. The van der Waals surface area contributed by atoms with Crippen LogP contribution < -0.4 is 5.32 Å². The lowest BCUT2D eigenvalue weighted by atomic mass is 10.1. The van der Waals surface area contributed by atoms with Crippen LogP contribution in [0.25, 0.3) is 10.9 Å². The third-order valence-electron chi connectivity index (χ3n) is 5.46. The maximum atomic E-state index is 13.5. The van der Waals surface area contributed by atoms with Gasteiger partial charge in [-0.15, -0.1) is 0 Å². The number of hydrogen-bond donors (Lipinski definition) is 2. The van der Waals surface area contributed by atoms with Gasteiger partial charge in [0, 0.05) is 35.5 Å². The Bertz CT molecular complexity index is 1260. The van der Waals surface area contributed by atoms with Crippen molar-refractivity contribution in [3.8, 4) is 0 Å². The molecule has 0 unspecified atom stereocenters. The summed E-state index contributed by atoms with van der Waals surface area (Å²) in [6, 6.07) is 16.1. The molecule has 0 aliphatic heterocycles. The number of carboxylic acids is 1. The van der Waals surface area contributed by atoms with E-state index in [4.69, 9.17) is 0 Å². The number of rotatable bonds is 6. The van der Waals surface area contributed by atoms with Gasteiger partial charge in [-0.05, 0) is 72.4 Å². The van der Waals surface area contributed by atoms with Gasteiger partial charge in [0.1, 0.15) is 17.2 Å². The highest BCUT2D eigenvalue weighted by Crippen LogP contribution is 2.40. The fourth-order valence-electron chi connectivity index (χ4n) is 3.77. The number of carboxylic acid groups (broad SMARTS) is 1. The molecule has 0 atom stereocenters. The van der Waals surface area contributed by atoms with Gasteiger partial charge in [-0.1, -0.05) is 12.1 Å². The lowest BCUT2D eigenvalue weighted by molar-refractivity contribution is 0.0697. The number of halogens is 1. The predicted octanol–water partition coefficient (Wildman–Crippen LogP) is 5.54. The molecular formula is C24H20FN3O2. The van der Waals surface area contributed by atoms with Crippen LogP contribution in [0.1, 0.15) is 40.2 Å². The van der Waals surface area contributed by atoms with E-state index in [1.54, 1.807) is 18.3 Å². The van der Waals surface area contributed by atoms with Crippen LogP contribution >= 0.6 is 0 Å². The summed E-state index contributed by atoms with van der Waals surface area (Å²) >= 11 is 0. The Balaban J connectivity index is 1.42. The molecule has 1 saturated carbocycles. The number of aromatic carboxylic acids is 1. The largest absolute Gasteiger partial charge is 0.478 e. The Morgan fingerprint density at radius 2 is 2.03 bits per heavy atom. The van der Waals surface area contributed by atoms with Crippen LogP contribution in [0, 0.1) is 5.82 Å². The van der Waals surface area contributed by atoms with E-state index in [-0.39, 0.29) is 11.4 Å². The Morgan fingerprint density at radius 1 is 1.17 bits per heavy atom. The molecule has 0 amide bonds. The lowest BCUT2D eigenvalue weighted by Crippen LogP contribution is -2.06. The molecule has 0 spiro atoms. The molecule has 2 aromatic heterocycles. The zero-order chi connectivity index (χ0) is 20.7. The number of fused-ring (bicyclic) bond motifs is 1. The first-order chi connectivity index (χ1) is 14.6. The number of anilines is 2. The van der Waals surface area contributed by atoms with Crippen molar-refractivity contribution in [1.29, 1.82) is 0 Å². The Labute approximate surface area is 172 Å². The summed E-state index contributed by atoms with van der Waals surface area (Å²) in [7, 11) is 0. The molecule has 6 heteroatoms. The minimum absolute atomic E-state index is 0.183. The first kappa shape index (κ1) is 18.4. The molecule has 0 saturated heterocycles. The predicted molar refractivity (Wildman–Crippen MR) is 114 cm³/mol. The number of aromatic nitrogens is 2. The molecule has 5 nitrogen and oxygen atoms in total. The molecule has 4 aromatic rings. The molecule has 0 radical (unpaired) electrons. The number of nitrogens with one attached hydrogen (secondary N) is 1. The normalized spacial score (nSPS) is 13.5. The maximum Gasteiger partial charge on any atom is 0.339 e. The van der Waals surface area contributed by atoms with E-state index in [9.17, 15) is 14.3 Å². The van der Waals surface area contributed by atoms with Gasteiger partial charge in [-0.25, -0.2) is 14.2 Å². The monoisotopic (exact) mass is 401 g/mol. The van der Waals surface area contributed by atoms with Crippen LogP contribution in [-0.4, -0.2) is 20.6 Å². The zero-order valence-corrected chi connectivity index (χ0v) is 16.2. The van der Waals surface area contributed by atoms with E-state index in [0.29, 0.717) is 18.3 Å². The van der Waals surface area contributed by atoms with Gasteiger partial charge in [0.25, 0.3) is 0 Å². The fourth-order valence-corrected chi connectivity index (χ4v) is 3.77. The second-order valence-corrected chi connectivity index (χ2v) is 7.72. The van der Waals surface area contributed by atoms with Gasteiger partial charge < -0.3 is 15.0 Å². The van der Waals surface area contributed by atoms with Crippen molar-refractivity contribution in [2.45, 2.75) is 25.3 Å². The molecule has 2 heterocycles. The average Bonchev–Trinajstić information content (AvgIpc) is 3.50. The highest BCUT2D eigenvalue weighted by molar-refractivity contribution is 5.94. The highest BCUT2D eigenvalue weighted by atomic mass is 19.1. The Hall–Kier alpha value is -3.67. The highest BCUT2D eigenvalue weighted by Gasteiger charge is 2.26. The molecule has 1 aliphatic rings. The van der Waals surface area contributed by atoms with Gasteiger partial charge in [0.2, 0.25) is 0 Å². The summed E-state index contributed by atoms with van der Waals surface area (Å²) in [5.41, 5.74) is 3.84. The SMILES string of the molecule is O=C(O)c1cc(C2CC2)cnc1Nc1ccc2c(ccn2Cc2cccc(F)c2)c1. The van der Waals surface area contributed by atoms with Crippen molar-refractivity contribution in [3.05, 3.63) is 89.5 Å². The topological polar surface area (TPSA) is 67.2 Å². The van der Waals surface area contributed by atoms with Gasteiger partial charge in [0.05, 0.1) is 0 Å². The van der Waals surface area contributed by atoms with Crippen molar-refractivity contribution < 1.29 is 14.3 Å². The lowest BCUT2D eigenvalue weighted by Gasteiger charge is -2.11. The third-order valence-corrected chi connectivity index (χ3v) is 5.46. The minimum Gasteiger partial charge on any atom is -0.478 e. The fraction of sp³-hybridized carbons (Fsp3) is 0.167. The van der Waals surface area contributed by atoms with Crippen LogP contribution in [-0.2, 0) is 6.54 Å². The zero-order valence-electron chi connectivity index (χ0n) is 16.2. The number of carbonyl (C=O) groups is 1. The Kier molecular flexibility index (Phi) is 4.47. The van der Waals surface area contributed by atoms with Crippen LogP contribution in [0.5, 0.6) is 0 Å². The van der Waals surface area contributed by atoms with Crippen molar-refractivity contribution in [1.82, 2.24) is 9.55 Å². The summed E-state index contributed by atoms with van der Waals surface area (Å²) < 4.78 is 15.5. The van der Waals surface area contributed by atoms with Gasteiger partial charge in [-0.3, -0.25) is 0 Å². The summed E-state index contributed by atoms with van der Waals surface area (Å²) in [4.78, 5) is 16.1. The van der Waals surface area contributed by atoms with Crippen LogP contribution in [0.3, 0.4) is 0 Å². The van der Waals surface area contributed by atoms with Gasteiger partial charge in [-0.2, -0.15) is 0 Å². The van der Waals surface area contributed by atoms with Gasteiger partial charge >= 0.3 is 5.97 Å². The number of nitrogens with zero attached hydrogens (tertiary/aromatic N) is 2. The minimum atomic E-state index is -0.991.